The van der Waals surface area contributed by atoms with Crippen molar-refractivity contribution in [2.75, 3.05) is 6.61 Å². The second-order valence-corrected chi connectivity index (χ2v) is 3.83. The van der Waals surface area contributed by atoms with Gasteiger partial charge in [0.05, 0.1) is 12.2 Å². The van der Waals surface area contributed by atoms with Gasteiger partial charge in [0.15, 0.2) is 0 Å². The molecule has 1 unspecified atom stereocenters. The van der Waals surface area contributed by atoms with E-state index in [0.29, 0.717) is 6.42 Å². The first-order chi connectivity index (χ1) is 6.12. The van der Waals surface area contributed by atoms with Crippen LogP contribution >= 0.6 is 0 Å². The van der Waals surface area contributed by atoms with Gasteiger partial charge in [0.25, 0.3) is 0 Å². The molecule has 0 spiro atoms. The van der Waals surface area contributed by atoms with Crippen LogP contribution in [0.3, 0.4) is 0 Å². The molecule has 0 radical (unpaired) electrons. The molecule has 0 fully saturated rings. The summed E-state index contributed by atoms with van der Waals surface area (Å²) in [7, 11) is 0. The maximum absolute atomic E-state index is 9.42. The van der Waals surface area contributed by atoms with Gasteiger partial charge in [-0.25, -0.2) is 0 Å². The fourth-order valence-electron chi connectivity index (χ4n) is 1.03. The van der Waals surface area contributed by atoms with Gasteiger partial charge in [0.1, 0.15) is 0 Å². The molecule has 0 saturated carbocycles. The van der Waals surface area contributed by atoms with Crippen molar-refractivity contribution in [2.24, 2.45) is 0 Å². The van der Waals surface area contributed by atoms with Crippen LogP contribution < -0.4 is 0 Å². The van der Waals surface area contributed by atoms with Crippen LogP contribution in [0.4, 0.5) is 0 Å². The molecule has 0 saturated heterocycles. The third-order valence-electron chi connectivity index (χ3n) is 2.04. The molecule has 2 heteroatoms. The molecule has 0 aliphatic heterocycles. The van der Waals surface area contributed by atoms with Crippen molar-refractivity contribution >= 4 is 0 Å². The third kappa shape index (κ3) is 8.00. The molecule has 0 aromatic rings. The van der Waals surface area contributed by atoms with E-state index < -0.39 is 5.60 Å². The van der Waals surface area contributed by atoms with Crippen LogP contribution in [0, 0.1) is 0 Å². The molecule has 13 heavy (non-hydrogen) atoms. The van der Waals surface area contributed by atoms with E-state index in [0.717, 1.165) is 6.42 Å². The van der Waals surface area contributed by atoms with Crippen LogP contribution in [0.2, 0.25) is 0 Å². The minimum Gasteiger partial charge on any atom is -0.393 e. The summed E-state index contributed by atoms with van der Waals surface area (Å²) in [5.41, 5.74) is -0.943. The monoisotopic (exact) mass is 186 g/mol. The van der Waals surface area contributed by atoms with Crippen LogP contribution in [-0.2, 0) is 0 Å². The van der Waals surface area contributed by atoms with Crippen molar-refractivity contribution in [2.45, 2.75) is 51.6 Å². The first-order valence-electron chi connectivity index (χ1n) is 5.10. The summed E-state index contributed by atoms with van der Waals surface area (Å²) in [6.45, 7) is 3.65. The second-order valence-electron chi connectivity index (χ2n) is 3.83. The summed E-state index contributed by atoms with van der Waals surface area (Å²) < 4.78 is 0. The number of allylic oxidation sites excluding steroid dienone is 1. The van der Waals surface area contributed by atoms with E-state index >= 15 is 0 Å². The van der Waals surface area contributed by atoms with Crippen LogP contribution in [0.15, 0.2) is 12.2 Å². The highest BCUT2D eigenvalue weighted by molar-refractivity contribution is 4.88. The molecule has 0 aromatic heterocycles. The van der Waals surface area contributed by atoms with Gasteiger partial charge >= 0.3 is 0 Å². The largest absolute Gasteiger partial charge is 0.393 e. The Morgan fingerprint density at radius 3 is 2.46 bits per heavy atom. The Morgan fingerprint density at radius 2 is 1.92 bits per heavy atom. The van der Waals surface area contributed by atoms with Crippen molar-refractivity contribution in [1.82, 2.24) is 0 Å². The summed E-state index contributed by atoms with van der Waals surface area (Å²) in [6.07, 6.45) is 9.37. The smallest absolute Gasteiger partial charge is 0.0883 e. The van der Waals surface area contributed by atoms with Gasteiger partial charge in [0, 0.05) is 0 Å². The van der Waals surface area contributed by atoms with Crippen LogP contribution in [-0.4, -0.2) is 22.4 Å². The van der Waals surface area contributed by atoms with Crippen LogP contribution in [0.1, 0.15) is 46.0 Å². The quantitative estimate of drug-likeness (QED) is 0.473. The first-order valence-corrected chi connectivity index (χ1v) is 5.10. The number of hydrogen-bond donors (Lipinski definition) is 2. The lowest BCUT2D eigenvalue weighted by Crippen LogP contribution is -2.27. The number of aliphatic hydroxyl groups excluding tert-OH is 1. The fourth-order valence-corrected chi connectivity index (χ4v) is 1.03. The standard InChI is InChI=1S/C11H22O2/c1-3-4-5-6-7-8-9-11(2,13)10-12/h7-8,12-13H,3-6,9-10H2,1-2H3/b8-7-. The van der Waals surface area contributed by atoms with E-state index in [1.807, 2.05) is 6.08 Å². The van der Waals surface area contributed by atoms with E-state index in [4.69, 9.17) is 5.11 Å². The molecule has 2 nitrogen and oxygen atoms in total. The van der Waals surface area contributed by atoms with Gasteiger partial charge in [-0.3, -0.25) is 0 Å². The average molecular weight is 186 g/mol. The second kappa shape index (κ2) is 7.10. The van der Waals surface area contributed by atoms with E-state index in [1.54, 1.807) is 6.92 Å². The molecule has 0 rings (SSSR count). The van der Waals surface area contributed by atoms with Crippen molar-refractivity contribution in [3.8, 4) is 0 Å². The predicted octanol–water partition coefficient (Wildman–Crippen LogP) is 2.26. The van der Waals surface area contributed by atoms with Crippen molar-refractivity contribution in [1.29, 1.82) is 0 Å². The maximum atomic E-state index is 9.42. The van der Waals surface area contributed by atoms with Crippen LogP contribution in [0.25, 0.3) is 0 Å². The molecule has 0 aliphatic carbocycles. The van der Waals surface area contributed by atoms with E-state index in [-0.39, 0.29) is 6.61 Å². The highest BCUT2D eigenvalue weighted by Gasteiger charge is 2.15. The predicted molar refractivity (Wildman–Crippen MR) is 55.6 cm³/mol. The third-order valence-corrected chi connectivity index (χ3v) is 2.04. The minimum atomic E-state index is -0.943. The first kappa shape index (κ1) is 12.7. The molecular formula is C11H22O2. The van der Waals surface area contributed by atoms with Gasteiger partial charge in [0.2, 0.25) is 0 Å². The van der Waals surface area contributed by atoms with E-state index in [1.165, 1.54) is 19.3 Å². The molecular weight excluding hydrogens is 164 g/mol. The Hall–Kier alpha value is -0.340. The van der Waals surface area contributed by atoms with Gasteiger partial charge in [-0.05, 0) is 26.2 Å². The van der Waals surface area contributed by atoms with Gasteiger partial charge in [-0.2, -0.15) is 0 Å². The molecule has 0 bridgehead atoms. The van der Waals surface area contributed by atoms with Crippen LogP contribution in [0.5, 0.6) is 0 Å². The summed E-state index contributed by atoms with van der Waals surface area (Å²) in [4.78, 5) is 0. The Morgan fingerprint density at radius 1 is 1.23 bits per heavy atom. The Kier molecular flexibility index (Phi) is 6.92. The lowest BCUT2D eigenvalue weighted by Gasteiger charge is -2.17. The normalized spacial score (nSPS) is 16.3. The molecule has 0 heterocycles. The van der Waals surface area contributed by atoms with Crippen molar-refractivity contribution in [3.63, 3.8) is 0 Å². The molecule has 0 amide bonds. The van der Waals surface area contributed by atoms with Crippen molar-refractivity contribution < 1.29 is 10.2 Å². The zero-order chi connectivity index (χ0) is 10.2. The van der Waals surface area contributed by atoms with Gasteiger partial charge in [-0.15, -0.1) is 0 Å². The van der Waals surface area contributed by atoms with E-state index in [2.05, 4.69) is 13.0 Å². The van der Waals surface area contributed by atoms with Gasteiger partial charge in [-0.1, -0.05) is 31.9 Å². The molecule has 78 valence electrons. The highest BCUT2D eigenvalue weighted by atomic mass is 16.3. The fraction of sp³-hybridized carbons (Fsp3) is 0.818. The topological polar surface area (TPSA) is 40.5 Å². The average Bonchev–Trinajstić information content (AvgIpc) is 2.11. The molecule has 1 atom stereocenters. The minimum absolute atomic E-state index is 0.174. The molecule has 2 N–H and O–H groups in total. The number of hydrogen-bond acceptors (Lipinski definition) is 2. The molecule has 0 aromatic carbocycles. The highest BCUT2D eigenvalue weighted by Crippen LogP contribution is 2.09. The summed E-state index contributed by atoms with van der Waals surface area (Å²) >= 11 is 0. The maximum Gasteiger partial charge on any atom is 0.0883 e. The number of aliphatic hydroxyl groups is 2. The number of rotatable bonds is 7. The van der Waals surface area contributed by atoms with Gasteiger partial charge < -0.3 is 10.2 Å². The Balaban J connectivity index is 3.40. The summed E-state index contributed by atoms with van der Waals surface area (Å²) in [5.74, 6) is 0. The van der Waals surface area contributed by atoms with Crippen molar-refractivity contribution in [3.05, 3.63) is 12.2 Å². The SMILES string of the molecule is CCCCC/C=C\CC(C)(O)CO. The number of unbranched alkanes of at least 4 members (excludes halogenated alkanes) is 3. The zero-order valence-corrected chi connectivity index (χ0v) is 8.79. The molecule has 0 aliphatic rings. The summed E-state index contributed by atoms with van der Waals surface area (Å²) in [5, 5.41) is 18.2. The summed E-state index contributed by atoms with van der Waals surface area (Å²) in [6, 6.07) is 0. The Bertz CT molecular complexity index is 139. The zero-order valence-electron chi connectivity index (χ0n) is 8.79. The van der Waals surface area contributed by atoms with E-state index in [9.17, 15) is 5.11 Å². The lowest BCUT2D eigenvalue weighted by molar-refractivity contribution is 0.00447. The lowest BCUT2D eigenvalue weighted by atomic mass is 10.0. The Labute approximate surface area is 81.3 Å².